The highest BCUT2D eigenvalue weighted by Crippen LogP contribution is 2.23. The van der Waals surface area contributed by atoms with Crippen LogP contribution in [0, 0.1) is 22.5 Å². The maximum absolute atomic E-state index is 12.5. The van der Waals surface area contributed by atoms with Crippen molar-refractivity contribution in [3.63, 3.8) is 0 Å². The predicted octanol–water partition coefficient (Wildman–Crippen LogP) is 1.49. The van der Waals surface area contributed by atoms with E-state index in [-0.39, 0.29) is 23.1 Å². The molecule has 2 amide bonds. The van der Waals surface area contributed by atoms with Gasteiger partial charge in [-0.05, 0) is 32.3 Å². The molecule has 1 atom stereocenters. The number of hydrogen-bond acceptors (Lipinski definition) is 7. The Labute approximate surface area is 188 Å². The molecular weight excluding hydrogens is 456 g/mol. The van der Waals surface area contributed by atoms with Crippen molar-refractivity contribution in [2.75, 3.05) is 18.1 Å². The van der Waals surface area contributed by atoms with Crippen LogP contribution in [0.25, 0.3) is 10.2 Å². The number of non-ortho nitro benzene ring substituents is 1. The summed E-state index contributed by atoms with van der Waals surface area (Å²) in [7, 11) is -4.01. The number of nitro groups is 1. The van der Waals surface area contributed by atoms with Gasteiger partial charge in [0.1, 0.15) is 11.5 Å². The van der Waals surface area contributed by atoms with E-state index in [2.05, 4.69) is 10.9 Å². The molecule has 1 saturated heterocycles. The molecule has 0 aliphatic carbocycles. The maximum Gasteiger partial charge on any atom is 0.270 e. The average molecular weight is 479 g/mol. The third-order valence-electron chi connectivity index (χ3n) is 5.16. The SMILES string of the molecule is C#CCn1c(=NC(=O)CS(=O)(=O)CC(=O)N2CCCCC2C)sc2cc([N+](=O)[O-])ccc21. The van der Waals surface area contributed by atoms with Crippen molar-refractivity contribution in [3.05, 3.63) is 33.1 Å². The zero-order valence-corrected chi connectivity index (χ0v) is 19.0. The van der Waals surface area contributed by atoms with Crippen LogP contribution >= 0.6 is 11.3 Å². The number of hydrogen-bond donors (Lipinski definition) is 0. The van der Waals surface area contributed by atoms with Gasteiger partial charge in [-0.2, -0.15) is 4.99 Å². The van der Waals surface area contributed by atoms with Gasteiger partial charge in [-0.1, -0.05) is 17.3 Å². The fourth-order valence-electron chi connectivity index (χ4n) is 3.62. The Morgan fingerprint density at radius 1 is 1.34 bits per heavy atom. The number of likely N-dealkylation sites (tertiary alicyclic amines) is 1. The summed E-state index contributed by atoms with van der Waals surface area (Å²) in [5.41, 5.74) is 0.416. The molecule has 0 saturated carbocycles. The summed E-state index contributed by atoms with van der Waals surface area (Å²) in [6.45, 7) is 2.43. The van der Waals surface area contributed by atoms with Crippen molar-refractivity contribution in [2.24, 2.45) is 4.99 Å². The summed E-state index contributed by atoms with van der Waals surface area (Å²) in [6, 6.07) is 4.12. The van der Waals surface area contributed by atoms with Gasteiger partial charge in [-0.25, -0.2) is 8.42 Å². The second-order valence-electron chi connectivity index (χ2n) is 7.55. The Morgan fingerprint density at radius 2 is 2.09 bits per heavy atom. The molecule has 12 heteroatoms. The van der Waals surface area contributed by atoms with Crippen molar-refractivity contribution in [1.29, 1.82) is 0 Å². The van der Waals surface area contributed by atoms with E-state index in [0.29, 0.717) is 16.8 Å². The van der Waals surface area contributed by atoms with E-state index in [9.17, 15) is 28.1 Å². The zero-order chi connectivity index (χ0) is 23.5. The lowest BCUT2D eigenvalue weighted by molar-refractivity contribution is -0.384. The Morgan fingerprint density at radius 3 is 2.75 bits per heavy atom. The molecule has 2 heterocycles. The first-order valence-corrected chi connectivity index (χ1v) is 12.5. The average Bonchev–Trinajstić information content (AvgIpc) is 3.03. The molecule has 0 N–H and O–H groups in total. The molecule has 0 radical (unpaired) electrons. The van der Waals surface area contributed by atoms with Gasteiger partial charge in [0, 0.05) is 24.7 Å². The number of amides is 2. The van der Waals surface area contributed by atoms with Gasteiger partial charge in [-0.3, -0.25) is 19.7 Å². The van der Waals surface area contributed by atoms with Gasteiger partial charge in [0.25, 0.3) is 11.6 Å². The summed E-state index contributed by atoms with van der Waals surface area (Å²) in [5.74, 6) is -0.682. The fraction of sp³-hybridized carbons (Fsp3) is 0.450. The van der Waals surface area contributed by atoms with Crippen LogP contribution < -0.4 is 4.80 Å². The van der Waals surface area contributed by atoms with Crippen LogP contribution in [0.15, 0.2) is 23.2 Å². The van der Waals surface area contributed by atoms with Crippen LogP contribution in [-0.2, 0) is 26.0 Å². The summed E-state index contributed by atoms with van der Waals surface area (Å²) < 4.78 is 26.9. The number of carbonyl (C=O) groups excluding carboxylic acids is 2. The Kier molecular flexibility index (Phi) is 7.10. The molecule has 10 nitrogen and oxygen atoms in total. The number of nitrogens with zero attached hydrogens (tertiary/aromatic N) is 4. The number of thiazole rings is 1. The maximum atomic E-state index is 12.5. The number of sulfone groups is 1. The molecule has 32 heavy (non-hydrogen) atoms. The molecule has 1 aromatic carbocycles. The van der Waals surface area contributed by atoms with Gasteiger partial charge in [0.2, 0.25) is 5.91 Å². The third-order valence-corrected chi connectivity index (χ3v) is 7.57. The Balaban J connectivity index is 1.83. The van der Waals surface area contributed by atoms with Crippen molar-refractivity contribution >= 4 is 48.9 Å². The molecule has 170 valence electrons. The van der Waals surface area contributed by atoms with Crippen molar-refractivity contribution in [1.82, 2.24) is 9.47 Å². The van der Waals surface area contributed by atoms with Crippen LogP contribution in [0.5, 0.6) is 0 Å². The molecule has 1 unspecified atom stereocenters. The largest absolute Gasteiger partial charge is 0.339 e. The molecule has 0 spiro atoms. The quantitative estimate of drug-likeness (QED) is 0.351. The van der Waals surface area contributed by atoms with Crippen LogP contribution in [-0.4, -0.2) is 58.7 Å². The molecule has 1 aliphatic rings. The molecule has 1 fully saturated rings. The lowest BCUT2D eigenvalue weighted by Crippen LogP contribution is -2.45. The van der Waals surface area contributed by atoms with Crippen molar-refractivity contribution in [2.45, 2.75) is 38.8 Å². The summed E-state index contributed by atoms with van der Waals surface area (Å²) in [6.07, 6.45) is 8.02. The second-order valence-corrected chi connectivity index (χ2v) is 10.6. The molecule has 0 bridgehead atoms. The van der Waals surface area contributed by atoms with Gasteiger partial charge < -0.3 is 9.47 Å². The van der Waals surface area contributed by atoms with Crippen LogP contribution in [0.3, 0.4) is 0 Å². The summed E-state index contributed by atoms with van der Waals surface area (Å²) in [5, 5.41) is 11.0. The molecule has 2 aromatic rings. The number of carbonyl (C=O) groups is 2. The second kappa shape index (κ2) is 9.62. The van der Waals surface area contributed by atoms with E-state index in [1.807, 2.05) is 6.92 Å². The van der Waals surface area contributed by atoms with Crippen LogP contribution in [0.4, 0.5) is 5.69 Å². The monoisotopic (exact) mass is 478 g/mol. The first-order chi connectivity index (χ1) is 15.1. The Hall–Kier alpha value is -3.04. The molecule has 1 aromatic heterocycles. The van der Waals surface area contributed by atoms with Crippen molar-refractivity contribution in [3.8, 4) is 12.3 Å². The minimum absolute atomic E-state index is 0.0304. The molecule has 1 aliphatic heterocycles. The number of piperidine rings is 1. The van der Waals surface area contributed by atoms with E-state index in [1.54, 1.807) is 4.90 Å². The highest BCUT2D eigenvalue weighted by molar-refractivity contribution is 7.92. The smallest absolute Gasteiger partial charge is 0.270 e. The predicted molar refractivity (Wildman–Crippen MR) is 120 cm³/mol. The highest BCUT2D eigenvalue weighted by atomic mass is 32.2. The van der Waals surface area contributed by atoms with Gasteiger partial charge in [0.15, 0.2) is 14.6 Å². The van der Waals surface area contributed by atoms with Crippen LogP contribution in [0.2, 0.25) is 0 Å². The van der Waals surface area contributed by atoms with Gasteiger partial charge in [0.05, 0.1) is 21.7 Å². The first kappa shape index (κ1) is 23.6. The topological polar surface area (TPSA) is 132 Å². The van der Waals surface area contributed by atoms with E-state index >= 15 is 0 Å². The lowest BCUT2D eigenvalue weighted by Gasteiger charge is -2.33. The number of fused-ring (bicyclic) bond motifs is 1. The normalized spacial score (nSPS) is 17.3. The zero-order valence-electron chi connectivity index (χ0n) is 17.4. The van der Waals surface area contributed by atoms with E-state index in [1.165, 1.54) is 22.8 Å². The molecular formula is C20H22N4O6S2. The van der Waals surface area contributed by atoms with E-state index in [4.69, 9.17) is 6.42 Å². The standard InChI is InChI=1S/C20H22N4O6S2/c1-3-9-23-16-8-7-15(24(27)28)11-17(16)31-20(23)21-18(25)12-32(29,30)13-19(26)22-10-5-4-6-14(22)2/h1,7-8,11,14H,4-6,9-10,12-13H2,2H3. The fourth-order valence-corrected chi connectivity index (χ4v) is 5.79. The number of aromatic nitrogens is 1. The lowest BCUT2D eigenvalue weighted by atomic mass is 10.0. The molecule has 3 rings (SSSR count). The highest BCUT2D eigenvalue weighted by Gasteiger charge is 2.28. The Bertz CT molecular complexity index is 1290. The van der Waals surface area contributed by atoms with Gasteiger partial charge >= 0.3 is 0 Å². The van der Waals surface area contributed by atoms with Crippen LogP contribution in [0.1, 0.15) is 26.2 Å². The summed E-state index contributed by atoms with van der Waals surface area (Å²) in [4.78, 5) is 40.9. The minimum Gasteiger partial charge on any atom is -0.339 e. The summed E-state index contributed by atoms with van der Waals surface area (Å²) >= 11 is 0.992. The third kappa shape index (κ3) is 5.41. The minimum atomic E-state index is -4.01. The van der Waals surface area contributed by atoms with E-state index in [0.717, 1.165) is 30.6 Å². The van der Waals surface area contributed by atoms with Gasteiger partial charge in [-0.15, -0.1) is 6.42 Å². The number of terminal acetylenes is 1. The number of rotatable bonds is 6. The number of nitro benzene ring substituents is 1. The van der Waals surface area contributed by atoms with Crippen molar-refractivity contribution < 1.29 is 22.9 Å². The number of benzene rings is 1. The first-order valence-electron chi connectivity index (χ1n) is 9.90. The van der Waals surface area contributed by atoms with E-state index < -0.39 is 38.1 Å².